The van der Waals surface area contributed by atoms with E-state index in [-0.39, 0.29) is 4.90 Å². The predicted molar refractivity (Wildman–Crippen MR) is 66.2 cm³/mol. The summed E-state index contributed by atoms with van der Waals surface area (Å²) in [6.45, 7) is 2.57. The van der Waals surface area contributed by atoms with Gasteiger partial charge in [-0.05, 0) is 30.7 Å². The fourth-order valence-corrected chi connectivity index (χ4v) is 2.62. The van der Waals surface area contributed by atoms with Gasteiger partial charge in [0.1, 0.15) is 0 Å². The highest BCUT2D eigenvalue weighted by Crippen LogP contribution is 2.17. The smallest absolute Gasteiger partial charge is 0.207 e. The van der Waals surface area contributed by atoms with Crippen LogP contribution < -0.4 is 0 Å². The molecule has 0 aliphatic rings. The highest BCUT2D eigenvalue weighted by atomic mass is 35.5. The van der Waals surface area contributed by atoms with Crippen LogP contribution in [0.2, 0.25) is 5.02 Å². The van der Waals surface area contributed by atoms with Crippen LogP contribution in [0.1, 0.15) is 19.8 Å². The normalized spacial score (nSPS) is 12.0. The number of nitrogens with zero attached hydrogens (tertiary/aromatic N) is 1. The first-order valence-electron chi connectivity index (χ1n) is 5.20. The van der Waals surface area contributed by atoms with Crippen LogP contribution in [0.4, 0.5) is 0 Å². The van der Waals surface area contributed by atoms with Crippen molar-refractivity contribution in [2.45, 2.75) is 24.7 Å². The van der Waals surface area contributed by atoms with Crippen LogP contribution in [-0.2, 0) is 10.0 Å². The maximum absolute atomic E-state index is 12.0. The molecule has 0 radical (unpaired) electrons. The third-order valence-electron chi connectivity index (χ3n) is 2.35. The third-order valence-corrected chi connectivity index (χ3v) is 4.47. The van der Waals surface area contributed by atoms with Crippen molar-refractivity contribution in [3.8, 4) is 0 Å². The number of benzene rings is 1. The van der Waals surface area contributed by atoms with Crippen molar-refractivity contribution in [1.29, 1.82) is 0 Å². The maximum atomic E-state index is 12.0. The molecule has 0 heterocycles. The zero-order valence-electron chi connectivity index (χ0n) is 9.48. The van der Waals surface area contributed by atoms with Crippen molar-refractivity contribution in [3.63, 3.8) is 0 Å². The number of unbranched alkanes of at least 4 members (excludes halogenated alkanes) is 1. The second-order valence-electron chi connectivity index (χ2n) is 3.63. The van der Waals surface area contributed by atoms with E-state index in [4.69, 9.17) is 11.6 Å². The molecular formula is C11H16ClNO2S. The summed E-state index contributed by atoms with van der Waals surface area (Å²) in [5.74, 6) is 0. The van der Waals surface area contributed by atoms with Crippen LogP contribution in [0.15, 0.2) is 29.2 Å². The Bertz CT molecular complexity index is 428. The Morgan fingerprint density at radius 3 is 2.31 bits per heavy atom. The average molecular weight is 262 g/mol. The van der Waals surface area contributed by atoms with Gasteiger partial charge in [0.2, 0.25) is 10.0 Å². The lowest BCUT2D eigenvalue weighted by Gasteiger charge is -2.16. The average Bonchev–Trinajstić information content (AvgIpc) is 2.26. The van der Waals surface area contributed by atoms with Crippen molar-refractivity contribution in [1.82, 2.24) is 4.31 Å². The van der Waals surface area contributed by atoms with Crippen molar-refractivity contribution in [2.24, 2.45) is 0 Å². The summed E-state index contributed by atoms with van der Waals surface area (Å²) in [6, 6.07) is 6.23. The summed E-state index contributed by atoms with van der Waals surface area (Å²) in [5.41, 5.74) is 0. The van der Waals surface area contributed by atoms with E-state index in [1.807, 2.05) is 6.92 Å². The second-order valence-corrected chi connectivity index (χ2v) is 6.12. The zero-order valence-corrected chi connectivity index (χ0v) is 11.1. The zero-order chi connectivity index (χ0) is 12.2. The first-order chi connectivity index (χ1) is 7.48. The summed E-state index contributed by atoms with van der Waals surface area (Å²) < 4.78 is 25.4. The van der Waals surface area contributed by atoms with E-state index >= 15 is 0 Å². The molecule has 0 bridgehead atoms. The van der Waals surface area contributed by atoms with E-state index in [2.05, 4.69) is 0 Å². The van der Waals surface area contributed by atoms with Crippen molar-refractivity contribution < 1.29 is 8.42 Å². The topological polar surface area (TPSA) is 37.4 Å². The minimum Gasteiger partial charge on any atom is -0.207 e. The molecule has 0 fully saturated rings. The molecular weight excluding hydrogens is 246 g/mol. The molecule has 0 spiro atoms. The largest absolute Gasteiger partial charge is 0.242 e. The number of halogens is 1. The Hall–Kier alpha value is -0.580. The van der Waals surface area contributed by atoms with Gasteiger partial charge in [0, 0.05) is 18.6 Å². The molecule has 0 aliphatic carbocycles. The van der Waals surface area contributed by atoms with E-state index in [1.165, 1.54) is 16.4 Å². The van der Waals surface area contributed by atoms with Gasteiger partial charge in [-0.15, -0.1) is 0 Å². The lowest BCUT2D eigenvalue weighted by Crippen LogP contribution is -2.27. The summed E-state index contributed by atoms with van der Waals surface area (Å²) in [6.07, 6.45) is 1.84. The van der Waals surface area contributed by atoms with Crippen LogP contribution in [0, 0.1) is 0 Å². The lowest BCUT2D eigenvalue weighted by atomic mass is 10.3. The van der Waals surface area contributed by atoms with Gasteiger partial charge in [0.15, 0.2) is 0 Å². The summed E-state index contributed by atoms with van der Waals surface area (Å²) in [7, 11) is -1.76. The molecule has 0 atom stereocenters. The molecule has 0 aliphatic heterocycles. The van der Waals surface area contributed by atoms with Gasteiger partial charge >= 0.3 is 0 Å². The predicted octanol–water partition coefficient (Wildman–Crippen LogP) is 2.76. The number of rotatable bonds is 5. The number of hydrogen-bond acceptors (Lipinski definition) is 2. The summed E-state index contributed by atoms with van der Waals surface area (Å²) >= 11 is 5.72. The van der Waals surface area contributed by atoms with Crippen LogP contribution in [0.25, 0.3) is 0 Å². The third kappa shape index (κ3) is 3.20. The van der Waals surface area contributed by atoms with E-state index < -0.39 is 10.0 Å². The highest BCUT2D eigenvalue weighted by molar-refractivity contribution is 7.89. The highest BCUT2D eigenvalue weighted by Gasteiger charge is 2.19. The molecule has 0 unspecified atom stereocenters. The standard InChI is InChI=1S/C11H16ClNO2S/c1-3-4-9-13(2)16(14,15)11-7-5-10(12)6-8-11/h5-8H,3-4,9H2,1-2H3. The molecule has 1 aromatic carbocycles. The Labute approximate surface area is 102 Å². The molecule has 90 valence electrons. The Kier molecular flexibility index (Phi) is 4.77. The van der Waals surface area contributed by atoms with E-state index in [1.54, 1.807) is 19.2 Å². The molecule has 0 aromatic heterocycles. The summed E-state index contributed by atoms with van der Waals surface area (Å²) in [4.78, 5) is 0.288. The van der Waals surface area contributed by atoms with Gasteiger partial charge in [-0.3, -0.25) is 0 Å². The Morgan fingerprint density at radius 2 is 1.81 bits per heavy atom. The molecule has 16 heavy (non-hydrogen) atoms. The first kappa shape index (κ1) is 13.5. The first-order valence-corrected chi connectivity index (χ1v) is 7.02. The molecule has 0 saturated carbocycles. The monoisotopic (exact) mass is 261 g/mol. The van der Waals surface area contributed by atoms with Crippen molar-refractivity contribution in [3.05, 3.63) is 29.3 Å². The van der Waals surface area contributed by atoms with E-state index in [9.17, 15) is 8.42 Å². The van der Waals surface area contributed by atoms with Gasteiger partial charge in [-0.1, -0.05) is 24.9 Å². The van der Waals surface area contributed by atoms with Gasteiger partial charge < -0.3 is 0 Å². The number of sulfonamides is 1. The van der Waals surface area contributed by atoms with Crippen LogP contribution >= 0.6 is 11.6 Å². The maximum Gasteiger partial charge on any atom is 0.242 e. The van der Waals surface area contributed by atoms with Gasteiger partial charge in [0.05, 0.1) is 4.90 Å². The van der Waals surface area contributed by atoms with Gasteiger partial charge in [-0.2, -0.15) is 0 Å². The lowest BCUT2D eigenvalue weighted by molar-refractivity contribution is 0.459. The van der Waals surface area contributed by atoms with E-state index in [0.717, 1.165) is 12.8 Å². The fourth-order valence-electron chi connectivity index (χ4n) is 1.29. The van der Waals surface area contributed by atoms with E-state index in [0.29, 0.717) is 11.6 Å². The Morgan fingerprint density at radius 1 is 1.25 bits per heavy atom. The molecule has 1 rings (SSSR count). The SMILES string of the molecule is CCCCN(C)S(=O)(=O)c1ccc(Cl)cc1. The molecule has 5 heteroatoms. The van der Waals surface area contributed by atoms with Gasteiger partial charge in [-0.25, -0.2) is 12.7 Å². The van der Waals surface area contributed by atoms with Crippen LogP contribution in [0.3, 0.4) is 0 Å². The van der Waals surface area contributed by atoms with Gasteiger partial charge in [0.25, 0.3) is 0 Å². The van der Waals surface area contributed by atoms with Crippen LogP contribution in [0.5, 0.6) is 0 Å². The second kappa shape index (κ2) is 5.66. The quantitative estimate of drug-likeness (QED) is 0.817. The minimum atomic E-state index is -3.35. The van der Waals surface area contributed by atoms with Crippen LogP contribution in [-0.4, -0.2) is 26.3 Å². The molecule has 1 aromatic rings. The van der Waals surface area contributed by atoms with Crippen molar-refractivity contribution >= 4 is 21.6 Å². The summed E-state index contributed by atoms with van der Waals surface area (Å²) in [5, 5.41) is 0.537. The molecule has 0 saturated heterocycles. The van der Waals surface area contributed by atoms with Crippen molar-refractivity contribution in [2.75, 3.05) is 13.6 Å². The molecule has 0 N–H and O–H groups in total. The fraction of sp³-hybridized carbons (Fsp3) is 0.455. The molecule has 3 nitrogen and oxygen atoms in total. The number of hydrogen-bond donors (Lipinski definition) is 0. The molecule has 0 amide bonds. The minimum absolute atomic E-state index is 0.288. The Balaban J connectivity index is 2.89.